The number of carbonyl (C=O) groups excluding carboxylic acids is 1. The number of rotatable bonds is 3. The van der Waals surface area contributed by atoms with Gasteiger partial charge in [-0.3, -0.25) is 9.78 Å². The van der Waals surface area contributed by atoms with Crippen LogP contribution in [0.2, 0.25) is 5.02 Å². The highest BCUT2D eigenvalue weighted by Gasteiger charge is 2.12. The van der Waals surface area contributed by atoms with Crippen LogP contribution in [-0.4, -0.2) is 15.9 Å². The molecule has 0 saturated heterocycles. The maximum atomic E-state index is 13.1. The van der Waals surface area contributed by atoms with Crippen molar-refractivity contribution in [3.05, 3.63) is 64.6 Å². The molecule has 0 spiro atoms. The Hall–Kier alpha value is -2.31. The van der Waals surface area contributed by atoms with Crippen molar-refractivity contribution in [2.75, 3.05) is 5.32 Å². The molecule has 3 aromatic rings. The van der Waals surface area contributed by atoms with Gasteiger partial charge < -0.3 is 5.32 Å². The van der Waals surface area contributed by atoms with E-state index in [2.05, 4.69) is 15.3 Å². The quantitative estimate of drug-likeness (QED) is 0.779. The molecule has 0 atom stereocenters. The molecule has 0 aliphatic heterocycles. The van der Waals surface area contributed by atoms with Crippen molar-refractivity contribution in [1.29, 1.82) is 0 Å². The van der Waals surface area contributed by atoms with Crippen molar-refractivity contribution in [3.63, 3.8) is 0 Å². The Kier molecular flexibility index (Phi) is 4.13. The molecule has 0 bridgehead atoms. The molecule has 3 rings (SSSR count). The van der Waals surface area contributed by atoms with Gasteiger partial charge in [-0.2, -0.15) is 0 Å². The summed E-state index contributed by atoms with van der Waals surface area (Å²) in [6, 6.07) is 7.63. The monoisotopic (exact) mass is 333 g/mol. The van der Waals surface area contributed by atoms with Gasteiger partial charge in [0, 0.05) is 29.0 Å². The number of nitrogens with zero attached hydrogens (tertiary/aromatic N) is 2. The fourth-order valence-corrected chi connectivity index (χ4v) is 2.76. The van der Waals surface area contributed by atoms with Gasteiger partial charge in [-0.05, 0) is 30.3 Å². The first kappa shape index (κ1) is 14.6. The van der Waals surface area contributed by atoms with Crippen LogP contribution in [0.5, 0.6) is 0 Å². The summed E-state index contributed by atoms with van der Waals surface area (Å²) in [5.41, 5.74) is 1.59. The van der Waals surface area contributed by atoms with Crippen LogP contribution in [0.15, 0.2) is 48.1 Å². The number of halogens is 2. The minimum Gasteiger partial charge on any atom is -0.321 e. The smallest absolute Gasteiger partial charge is 0.275 e. The highest BCUT2D eigenvalue weighted by atomic mass is 35.5. The SMILES string of the molecule is O=C(Nc1ccc(F)c(Cl)c1)c1csc(-c2ccncc2)n1. The molecule has 0 aliphatic carbocycles. The normalized spacial score (nSPS) is 10.5. The molecule has 1 amide bonds. The summed E-state index contributed by atoms with van der Waals surface area (Å²) in [7, 11) is 0. The molecule has 0 saturated carbocycles. The molecule has 110 valence electrons. The van der Waals surface area contributed by atoms with Crippen molar-refractivity contribution in [1.82, 2.24) is 9.97 Å². The van der Waals surface area contributed by atoms with Gasteiger partial charge in [0.15, 0.2) is 0 Å². The highest BCUT2D eigenvalue weighted by molar-refractivity contribution is 7.13. The van der Waals surface area contributed by atoms with Crippen LogP contribution in [0.3, 0.4) is 0 Å². The standard InChI is InChI=1S/C15H9ClFN3OS/c16-11-7-10(1-2-12(11)17)19-14(21)13-8-22-15(20-13)9-3-5-18-6-4-9/h1-8H,(H,19,21). The molecule has 22 heavy (non-hydrogen) atoms. The van der Waals surface area contributed by atoms with Crippen molar-refractivity contribution in [2.45, 2.75) is 0 Å². The predicted octanol–water partition coefficient (Wildman–Crippen LogP) is 4.25. The van der Waals surface area contributed by atoms with Crippen LogP contribution in [0.25, 0.3) is 10.6 Å². The summed E-state index contributed by atoms with van der Waals surface area (Å²) in [4.78, 5) is 20.4. The third kappa shape index (κ3) is 3.13. The highest BCUT2D eigenvalue weighted by Crippen LogP contribution is 2.24. The van der Waals surface area contributed by atoms with E-state index < -0.39 is 5.82 Å². The molecule has 0 fully saturated rings. The minimum atomic E-state index is -0.534. The second-order valence-electron chi connectivity index (χ2n) is 4.36. The van der Waals surface area contributed by atoms with Crippen molar-refractivity contribution in [3.8, 4) is 10.6 Å². The number of carbonyl (C=O) groups is 1. The van der Waals surface area contributed by atoms with Crippen LogP contribution >= 0.6 is 22.9 Å². The van der Waals surface area contributed by atoms with Gasteiger partial charge in [0.1, 0.15) is 16.5 Å². The summed E-state index contributed by atoms with van der Waals surface area (Å²) in [5.74, 6) is -0.910. The second kappa shape index (κ2) is 6.21. The molecule has 0 aliphatic rings. The number of amides is 1. The molecular weight excluding hydrogens is 325 g/mol. The number of nitrogens with one attached hydrogen (secondary N) is 1. The molecule has 2 heterocycles. The van der Waals surface area contributed by atoms with E-state index in [0.29, 0.717) is 5.69 Å². The molecule has 1 aromatic carbocycles. The first-order valence-corrected chi connectivity index (χ1v) is 7.51. The third-order valence-corrected chi connectivity index (χ3v) is 4.02. The van der Waals surface area contributed by atoms with Gasteiger partial charge in [0.2, 0.25) is 0 Å². The van der Waals surface area contributed by atoms with Gasteiger partial charge in [-0.25, -0.2) is 9.37 Å². The largest absolute Gasteiger partial charge is 0.321 e. The van der Waals surface area contributed by atoms with E-state index >= 15 is 0 Å². The lowest BCUT2D eigenvalue weighted by atomic mass is 10.3. The predicted molar refractivity (Wildman–Crippen MR) is 84.7 cm³/mol. The second-order valence-corrected chi connectivity index (χ2v) is 5.62. The summed E-state index contributed by atoms with van der Waals surface area (Å²) in [5, 5.41) is 4.97. The minimum absolute atomic E-state index is 0.0476. The number of pyridine rings is 1. The Morgan fingerprint density at radius 2 is 2.00 bits per heavy atom. The van der Waals surface area contributed by atoms with Crippen LogP contribution in [0, 0.1) is 5.82 Å². The molecule has 4 nitrogen and oxygen atoms in total. The number of thiazole rings is 1. The van der Waals surface area contributed by atoms with Crippen molar-refractivity contribution < 1.29 is 9.18 Å². The Labute approximate surface area is 134 Å². The molecular formula is C15H9ClFN3OS. The summed E-state index contributed by atoms with van der Waals surface area (Å²) in [6.07, 6.45) is 3.33. The van der Waals surface area contributed by atoms with Gasteiger partial charge in [0.25, 0.3) is 5.91 Å². The number of hydrogen-bond donors (Lipinski definition) is 1. The van der Waals surface area contributed by atoms with Gasteiger partial charge in [-0.1, -0.05) is 11.6 Å². The topological polar surface area (TPSA) is 54.9 Å². The lowest BCUT2D eigenvalue weighted by Crippen LogP contribution is -2.12. The zero-order valence-electron chi connectivity index (χ0n) is 11.1. The maximum absolute atomic E-state index is 13.1. The average Bonchev–Trinajstić information content (AvgIpc) is 3.02. The Morgan fingerprint density at radius 1 is 1.23 bits per heavy atom. The molecule has 7 heteroatoms. The summed E-state index contributed by atoms with van der Waals surface area (Å²) in [6.45, 7) is 0. The van der Waals surface area contributed by atoms with Crippen molar-refractivity contribution in [2.24, 2.45) is 0 Å². The van der Waals surface area contributed by atoms with Crippen LogP contribution in [0.4, 0.5) is 10.1 Å². The Bertz CT molecular complexity index is 823. The van der Waals surface area contributed by atoms with E-state index in [9.17, 15) is 9.18 Å². The first-order chi connectivity index (χ1) is 10.6. The maximum Gasteiger partial charge on any atom is 0.275 e. The summed E-state index contributed by atoms with van der Waals surface area (Å²) < 4.78 is 13.1. The van der Waals surface area contributed by atoms with Gasteiger partial charge in [0.05, 0.1) is 5.02 Å². The summed E-state index contributed by atoms with van der Waals surface area (Å²) >= 11 is 7.04. The zero-order valence-corrected chi connectivity index (χ0v) is 12.7. The van der Waals surface area contributed by atoms with E-state index in [0.717, 1.165) is 10.6 Å². The lowest BCUT2D eigenvalue weighted by molar-refractivity contribution is 0.102. The number of aromatic nitrogens is 2. The van der Waals surface area contributed by atoms with Crippen molar-refractivity contribution >= 4 is 34.5 Å². The molecule has 0 radical (unpaired) electrons. The number of anilines is 1. The van der Waals surface area contributed by atoms with E-state index in [1.165, 1.54) is 29.5 Å². The van der Waals surface area contributed by atoms with Crippen LogP contribution in [-0.2, 0) is 0 Å². The van der Waals surface area contributed by atoms with Gasteiger partial charge in [-0.15, -0.1) is 11.3 Å². The molecule has 0 unspecified atom stereocenters. The fourth-order valence-electron chi connectivity index (χ4n) is 1.77. The molecule has 1 N–H and O–H groups in total. The average molecular weight is 334 g/mol. The third-order valence-electron chi connectivity index (χ3n) is 2.84. The Morgan fingerprint density at radius 3 is 2.73 bits per heavy atom. The zero-order chi connectivity index (χ0) is 15.5. The molecule has 2 aromatic heterocycles. The lowest BCUT2D eigenvalue weighted by Gasteiger charge is -2.04. The van der Waals surface area contributed by atoms with Gasteiger partial charge >= 0.3 is 0 Å². The first-order valence-electron chi connectivity index (χ1n) is 6.26. The van der Waals surface area contributed by atoms with Crippen LogP contribution in [0.1, 0.15) is 10.5 Å². The number of hydrogen-bond acceptors (Lipinski definition) is 4. The van der Waals surface area contributed by atoms with E-state index in [1.54, 1.807) is 17.8 Å². The number of benzene rings is 1. The van der Waals surface area contributed by atoms with E-state index in [1.807, 2.05) is 12.1 Å². The van der Waals surface area contributed by atoms with Crippen LogP contribution < -0.4 is 5.32 Å². The van der Waals surface area contributed by atoms with E-state index in [4.69, 9.17) is 11.6 Å². The Balaban J connectivity index is 1.78. The van der Waals surface area contributed by atoms with E-state index in [-0.39, 0.29) is 16.6 Å². The fraction of sp³-hybridized carbons (Fsp3) is 0.